The molecular formula is C20H28IN5O. The first-order valence-corrected chi connectivity index (χ1v) is 9.00. The number of ether oxygens (including phenoxy) is 1. The molecule has 6 nitrogen and oxygen atoms in total. The number of aromatic nitrogens is 1. The maximum Gasteiger partial charge on any atom is 0.193 e. The van der Waals surface area contributed by atoms with Crippen molar-refractivity contribution in [2.45, 2.75) is 13.1 Å². The topological polar surface area (TPSA) is 53.0 Å². The fraction of sp³-hybridized carbons (Fsp3) is 0.400. The van der Waals surface area contributed by atoms with E-state index >= 15 is 0 Å². The Labute approximate surface area is 178 Å². The molecule has 1 aliphatic heterocycles. The van der Waals surface area contributed by atoms with E-state index in [1.807, 2.05) is 25.4 Å². The number of benzene rings is 1. The van der Waals surface area contributed by atoms with Crippen molar-refractivity contribution >= 4 is 35.8 Å². The van der Waals surface area contributed by atoms with Crippen molar-refractivity contribution < 1.29 is 4.74 Å². The summed E-state index contributed by atoms with van der Waals surface area (Å²) in [6.07, 6.45) is 1.85. The van der Waals surface area contributed by atoms with Gasteiger partial charge in [0, 0.05) is 52.0 Å². The van der Waals surface area contributed by atoms with Crippen LogP contribution in [0.5, 0.6) is 0 Å². The van der Waals surface area contributed by atoms with Crippen LogP contribution in [0.2, 0.25) is 0 Å². The predicted molar refractivity (Wildman–Crippen MR) is 121 cm³/mol. The van der Waals surface area contributed by atoms with Crippen molar-refractivity contribution in [2.75, 3.05) is 45.3 Å². The summed E-state index contributed by atoms with van der Waals surface area (Å²) in [5.74, 6) is 1.90. The number of rotatable bonds is 5. The van der Waals surface area contributed by atoms with Crippen LogP contribution in [0.15, 0.2) is 53.7 Å². The van der Waals surface area contributed by atoms with Crippen molar-refractivity contribution in [3.63, 3.8) is 0 Å². The molecule has 1 aliphatic rings. The predicted octanol–water partition coefficient (Wildman–Crippen LogP) is 2.74. The molecule has 0 unspecified atom stereocenters. The Hall–Kier alpha value is -1.87. The van der Waals surface area contributed by atoms with E-state index in [1.54, 1.807) is 0 Å². The molecule has 0 atom stereocenters. The lowest BCUT2D eigenvalue weighted by Gasteiger charge is -2.30. The molecule has 0 bridgehead atoms. The lowest BCUT2D eigenvalue weighted by Crippen LogP contribution is -2.40. The third kappa shape index (κ3) is 6.07. The maximum atomic E-state index is 5.45. The third-order valence-corrected chi connectivity index (χ3v) is 4.45. The highest BCUT2D eigenvalue weighted by Crippen LogP contribution is 2.18. The summed E-state index contributed by atoms with van der Waals surface area (Å²) in [4.78, 5) is 13.4. The summed E-state index contributed by atoms with van der Waals surface area (Å²) in [5.41, 5.74) is 2.43. The number of aliphatic imine (C=N–C) groups is 1. The minimum absolute atomic E-state index is 0. The van der Waals surface area contributed by atoms with Crippen LogP contribution in [-0.4, -0.2) is 56.2 Å². The quantitative estimate of drug-likeness (QED) is 0.405. The first-order chi connectivity index (χ1) is 12.8. The van der Waals surface area contributed by atoms with E-state index in [2.05, 4.69) is 62.5 Å². The Balaban J connectivity index is 0.00000261. The standard InChI is InChI=1S/C20H27N5O.HI/c1-21-20(24(2)16-17-7-4-3-5-8-17)23-15-18-9-6-10-22-19(18)25-11-13-26-14-12-25;/h3-10H,11-16H2,1-2H3,(H,21,23);1H. The van der Waals surface area contributed by atoms with E-state index < -0.39 is 0 Å². The Kier molecular flexibility index (Phi) is 8.80. The Morgan fingerprint density at radius 3 is 2.63 bits per heavy atom. The zero-order valence-corrected chi connectivity index (χ0v) is 18.3. The number of morpholine rings is 1. The lowest BCUT2D eigenvalue weighted by atomic mass is 10.2. The van der Waals surface area contributed by atoms with Crippen molar-refractivity contribution in [1.29, 1.82) is 0 Å². The molecule has 1 N–H and O–H groups in total. The van der Waals surface area contributed by atoms with Gasteiger partial charge in [0.1, 0.15) is 5.82 Å². The van der Waals surface area contributed by atoms with Gasteiger partial charge in [-0.25, -0.2) is 4.98 Å². The van der Waals surface area contributed by atoms with E-state index in [1.165, 1.54) is 11.1 Å². The maximum absolute atomic E-state index is 5.45. The van der Waals surface area contributed by atoms with Crippen molar-refractivity contribution in [3.05, 3.63) is 59.8 Å². The van der Waals surface area contributed by atoms with Gasteiger partial charge in [0.05, 0.1) is 13.2 Å². The first-order valence-electron chi connectivity index (χ1n) is 9.00. The molecule has 0 saturated carbocycles. The molecule has 146 valence electrons. The third-order valence-electron chi connectivity index (χ3n) is 4.45. The van der Waals surface area contributed by atoms with Gasteiger partial charge in [-0.05, 0) is 11.6 Å². The van der Waals surface area contributed by atoms with Gasteiger partial charge >= 0.3 is 0 Å². The highest BCUT2D eigenvalue weighted by atomic mass is 127. The van der Waals surface area contributed by atoms with Crippen LogP contribution >= 0.6 is 24.0 Å². The van der Waals surface area contributed by atoms with Crippen LogP contribution in [0.3, 0.4) is 0 Å². The van der Waals surface area contributed by atoms with Gasteiger partial charge in [0.25, 0.3) is 0 Å². The van der Waals surface area contributed by atoms with Gasteiger partial charge < -0.3 is 19.9 Å². The number of anilines is 1. The molecule has 0 aliphatic carbocycles. The summed E-state index contributed by atoms with van der Waals surface area (Å²) in [5, 5.41) is 3.46. The fourth-order valence-corrected chi connectivity index (χ4v) is 3.12. The molecule has 1 fully saturated rings. The molecule has 2 aromatic rings. The normalized spacial score (nSPS) is 14.4. The SMILES string of the molecule is CN=C(NCc1cccnc1N1CCOCC1)N(C)Cc1ccccc1.I. The monoisotopic (exact) mass is 481 g/mol. The summed E-state index contributed by atoms with van der Waals surface area (Å²) in [6, 6.07) is 14.5. The van der Waals surface area contributed by atoms with Crippen molar-refractivity contribution in [2.24, 2.45) is 4.99 Å². The molecule has 1 aromatic heterocycles. The second kappa shape index (κ2) is 11.1. The van der Waals surface area contributed by atoms with Crippen molar-refractivity contribution in [1.82, 2.24) is 15.2 Å². The molecule has 0 amide bonds. The molecular weight excluding hydrogens is 453 g/mol. The number of nitrogens with zero attached hydrogens (tertiary/aromatic N) is 4. The summed E-state index contributed by atoms with van der Waals surface area (Å²) in [7, 11) is 3.87. The zero-order chi connectivity index (χ0) is 18.2. The average molecular weight is 481 g/mol. The van der Waals surface area contributed by atoms with Crippen LogP contribution in [0, 0.1) is 0 Å². The number of pyridine rings is 1. The summed E-state index contributed by atoms with van der Waals surface area (Å²) >= 11 is 0. The van der Waals surface area contributed by atoms with E-state index in [0.717, 1.165) is 44.6 Å². The molecule has 1 aromatic carbocycles. The number of hydrogen-bond acceptors (Lipinski definition) is 4. The number of nitrogens with one attached hydrogen (secondary N) is 1. The highest BCUT2D eigenvalue weighted by molar-refractivity contribution is 14.0. The highest BCUT2D eigenvalue weighted by Gasteiger charge is 2.16. The Morgan fingerprint density at radius 2 is 1.93 bits per heavy atom. The van der Waals surface area contributed by atoms with E-state index in [-0.39, 0.29) is 24.0 Å². The minimum Gasteiger partial charge on any atom is -0.378 e. The average Bonchev–Trinajstić information content (AvgIpc) is 2.70. The zero-order valence-electron chi connectivity index (χ0n) is 16.0. The van der Waals surface area contributed by atoms with Crippen LogP contribution in [-0.2, 0) is 17.8 Å². The molecule has 2 heterocycles. The molecule has 0 spiro atoms. The fourth-order valence-electron chi connectivity index (χ4n) is 3.12. The van der Waals surface area contributed by atoms with E-state index in [4.69, 9.17) is 4.74 Å². The smallest absolute Gasteiger partial charge is 0.193 e. The summed E-state index contributed by atoms with van der Waals surface area (Å²) in [6.45, 7) is 4.77. The Bertz CT molecular complexity index is 719. The van der Waals surface area contributed by atoms with Gasteiger partial charge in [-0.1, -0.05) is 36.4 Å². The number of hydrogen-bond donors (Lipinski definition) is 1. The lowest BCUT2D eigenvalue weighted by molar-refractivity contribution is 0.122. The second-order valence-electron chi connectivity index (χ2n) is 6.33. The van der Waals surface area contributed by atoms with Crippen molar-refractivity contribution in [3.8, 4) is 0 Å². The van der Waals surface area contributed by atoms with E-state index in [9.17, 15) is 0 Å². The van der Waals surface area contributed by atoms with Gasteiger partial charge in [-0.2, -0.15) is 0 Å². The molecule has 3 rings (SSSR count). The van der Waals surface area contributed by atoms with Crippen LogP contribution < -0.4 is 10.2 Å². The van der Waals surface area contributed by atoms with E-state index in [0.29, 0.717) is 6.54 Å². The summed E-state index contributed by atoms with van der Waals surface area (Å²) < 4.78 is 5.45. The van der Waals surface area contributed by atoms with Crippen LogP contribution in [0.4, 0.5) is 5.82 Å². The molecule has 27 heavy (non-hydrogen) atoms. The largest absolute Gasteiger partial charge is 0.378 e. The number of guanidine groups is 1. The van der Waals surface area contributed by atoms with Gasteiger partial charge in [-0.15, -0.1) is 24.0 Å². The Morgan fingerprint density at radius 1 is 1.19 bits per heavy atom. The van der Waals surface area contributed by atoms with Gasteiger partial charge in [0.2, 0.25) is 0 Å². The second-order valence-corrected chi connectivity index (χ2v) is 6.33. The number of halogens is 1. The van der Waals surface area contributed by atoms with Crippen LogP contribution in [0.1, 0.15) is 11.1 Å². The minimum atomic E-state index is 0. The first kappa shape index (κ1) is 21.4. The van der Waals surface area contributed by atoms with Gasteiger partial charge in [0.15, 0.2) is 5.96 Å². The van der Waals surface area contributed by atoms with Gasteiger partial charge in [-0.3, -0.25) is 4.99 Å². The molecule has 7 heteroatoms. The molecule has 1 saturated heterocycles. The molecule has 0 radical (unpaired) electrons. The van der Waals surface area contributed by atoms with Crippen LogP contribution in [0.25, 0.3) is 0 Å².